The van der Waals surface area contributed by atoms with E-state index in [4.69, 9.17) is 9.47 Å². The molecule has 0 saturated heterocycles. The molecular weight excluding hydrogens is 586 g/mol. The SMILES string of the molecule is CCc1nc2ccc(Br)cc2c(=O)n1N=Cc1cc(Br)cc(OC)c1Oc1ccc([N+](=O)[O-])cn1. The summed E-state index contributed by atoms with van der Waals surface area (Å²) < 4.78 is 14.0. The number of fused-ring (bicyclic) bond motifs is 1. The normalized spacial score (nSPS) is 11.2. The molecule has 178 valence electrons. The molecule has 0 aliphatic carbocycles. The number of hydrogen-bond donors (Lipinski definition) is 0. The number of nitrogens with zero attached hydrogens (tertiary/aromatic N) is 5. The summed E-state index contributed by atoms with van der Waals surface area (Å²) >= 11 is 6.82. The third kappa shape index (κ3) is 5.23. The van der Waals surface area contributed by atoms with E-state index in [1.165, 1.54) is 30.1 Å². The van der Waals surface area contributed by atoms with Crippen molar-refractivity contribution in [1.82, 2.24) is 14.6 Å². The summed E-state index contributed by atoms with van der Waals surface area (Å²) in [7, 11) is 1.48. The van der Waals surface area contributed by atoms with Crippen LogP contribution in [0.4, 0.5) is 5.69 Å². The van der Waals surface area contributed by atoms with E-state index < -0.39 is 4.92 Å². The van der Waals surface area contributed by atoms with E-state index in [0.29, 0.717) is 38.9 Å². The second kappa shape index (κ2) is 10.3. The van der Waals surface area contributed by atoms with Gasteiger partial charge in [-0.3, -0.25) is 14.9 Å². The van der Waals surface area contributed by atoms with Crippen molar-refractivity contribution < 1.29 is 14.4 Å². The van der Waals surface area contributed by atoms with Crippen LogP contribution in [0.2, 0.25) is 0 Å². The number of benzene rings is 2. The van der Waals surface area contributed by atoms with Crippen LogP contribution in [0.3, 0.4) is 0 Å². The monoisotopic (exact) mass is 601 g/mol. The van der Waals surface area contributed by atoms with E-state index in [9.17, 15) is 14.9 Å². The number of pyridine rings is 1. The van der Waals surface area contributed by atoms with Crippen LogP contribution in [0.1, 0.15) is 18.3 Å². The largest absolute Gasteiger partial charge is 0.493 e. The Labute approximate surface area is 215 Å². The van der Waals surface area contributed by atoms with Gasteiger partial charge in [0.05, 0.1) is 29.2 Å². The number of hydrogen-bond acceptors (Lipinski definition) is 8. The van der Waals surface area contributed by atoms with Gasteiger partial charge in [-0.1, -0.05) is 38.8 Å². The lowest BCUT2D eigenvalue weighted by Crippen LogP contribution is -2.22. The van der Waals surface area contributed by atoms with E-state index in [-0.39, 0.29) is 22.9 Å². The average molecular weight is 603 g/mol. The van der Waals surface area contributed by atoms with E-state index in [1.54, 1.807) is 24.3 Å². The van der Waals surface area contributed by atoms with E-state index in [0.717, 1.165) is 10.7 Å². The molecule has 0 amide bonds. The molecule has 0 spiro atoms. The molecule has 0 N–H and O–H groups in total. The van der Waals surface area contributed by atoms with Gasteiger partial charge in [0.2, 0.25) is 5.88 Å². The van der Waals surface area contributed by atoms with E-state index in [2.05, 4.69) is 46.9 Å². The lowest BCUT2D eigenvalue weighted by Gasteiger charge is -2.13. The third-order valence-electron chi connectivity index (χ3n) is 4.91. The highest BCUT2D eigenvalue weighted by Gasteiger charge is 2.16. The first-order valence-electron chi connectivity index (χ1n) is 10.2. The summed E-state index contributed by atoms with van der Waals surface area (Å²) in [6, 6.07) is 11.4. The van der Waals surface area contributed by atoms with Crippen LogP contribution in [0.15, 0.2) is 67.5 Å². The fourth-order valence-electron chi connectivity index (χ4n) is 3.25. The summed E-state index contributed by atoms with van der Waals surface area (Å²) in [6.45, 7) is 1.88. The number of halogens is 2. The maximum absolute atomic E-state index is 13.2. The van der Waals surface area contributed by atoms with Gasteiger partial charge >= 0.3 is 0 Å². The highest BCUT2D eigenvalue weighted by atomic mass is 79.9. The Bertz CT molecular complexity index is 1520. The van der Waals surface area contributed by atoms with Gasteiger partial charge in [-0.15, -0.1) is 0 Å². The van der Waals surface area contributed by atoms with Gasteiger partial charge in [0.15, 0.2) is 11.5 Å². The van der Waals surface area contributed by atoms with Crippen molar-refractivity contribution in [3.8, 4) is 17.4 Å². The van der Waals surface area contributed by atoms with Gasteiger partial charge in [0.1, 0.15) is 12.0 Å². The highest BCUT2D eigenvalue weighted by molar-refractivity contribution is 9.10. The molecular formula is C23H17Br2N5O5. The summed E-state index contributed by atoms with van der Waals surface area (Å²) in [4.78, 5) is 32.1. The van der Waals surface area contributed by atoms with Crippen LogP contribution in [-0.2, 0) is 6.42 Å². The smallest absolute Gasteiger partial charge is 0.287 e. The summed E-state index contributed by atoms with van der Waals surface area (Å²) in [5.74, 6) is 1.24. The van der Waals surface area contributed by atoms with Gasteiger partial charge in [-0.2, -0.15) is 9.78 Å². The minimum Gasteiger partial charge on any atom is -0.493 e. The Morgan fingerprint density at radius 2 is 1.97 bits per heavy atom. The second-order valence-corrected chi connectivity index (χ2v) is 8.98. The van der Waals surface area contributed by atoms with Crippen LogP contribution in [0, 0.1) is 10.1 Å². The number of ether oxygens (including phenoxy) is 2. The zero-order chi connectivity index (χ0) is 25.1. The lowest BCUT2D eigenvalue weighted by molar-refractivity contribution is -0.385. The molecule has 4 aromatic rings. The quantitative estimate of drug-likeness (QED) is 0.156. The molecule has 35 heavy (non-hydrogen) atoms. The minimum atomic E-state index is -0.547. The van der Waals surface area contributed by atoms with Crippen LogP contribution in [-0.4, -0.2) is 32.9 Å². The van der Waals surface area contributed by atoms with Gasteiger partial charge in [-0.05, 0) is 30.3 Å². The third-order valence-corrected chi connectivity index (χ3v) is 5.86. The maximum Gasteiger partial charge on any atom is 0.287 e. The first-order chi connectivity index (χ1) is 16.8. The molecule has 0 saturated carbocycles. The van der Waals surface area contributed by atoms with Crippen molar-refractivity contribution >= 4 is 54.7 Å². The molecule has 0 aliphatic rings. The number of rotatable bonds is 7. The van der Waals surface area contributed by atoms with Crippen molar-refractivity contribution in [3.05, 3.63) is 89.5 Å². The average Bonchev–Trinajstić information content (AvgIpc) is 2.85. The van der Waals surface area contributed by atoms with E-state index >= 15 is 0 Å². The molecule has 4 rings (SSSR count). The maximum atomic E-state index is 13.2. The molecule has 0 bridgehead atoms. The minimum absolute atomic E-state index is 0.120. The van der Waals surface area contributed by atoms with Crippen molar-refractivity contribution in [2.75, 3.05) is 7.11 Å². The lowest BCUT2D eigenvalue weighted by atomic mass is 10.2. The fourth-order valence-corrected chi connectivity index (χ4v) is 4.07. The first kappa shape index (κ1) is 24.5. The predicted octanol–water partition coefficient (Wildman–Crippen LogP) is 5.47. The Morgan fingerprint density at radius 3 is 2.63 bits per heavy atom. The molecule has 0 radical (unpaired) electrons. The Balaban J connectivity index is 1.80. The standard InChI is InChI=1S/C23H17Br2N5O5/c1-3-20-28-18-6-4-14(24)9-17(18)23(31)29(20)27-11-13-8-15(25)10-19(34-2)22(13)35-21-7-5-16(12-26-21)30(32)33/h4-12H,3H2,1-2H3. The van der Waals surface area contributed by atoms with Crippen molar-refractivity contribution in [2.45, 2.75) is 13.3 Å². The van der Waals surface area contributed by atoms with Gasteiger partial charge < -0.3 is 9.47 Å². The van der Waals surface area contributed by atoms with Crippen molar-refractivity contribution in [1.29, 1.82) is 0 Å². The van der Waals surface area contributed by atoms with Crippen molar-refractivity contribution in [3.63, 3.8) is 0 Å². The molecule has 0 aliphatic heterocycles. The summed E-state index contributed by atoms with van der Waals surface area (Å²) in [6.07, 6.45) is 3.04. The Kier molecular flexibility index (Phi) is 7.22. The molecule has 0 atom stereocenters. The summed E-state index contributed by atoms with van der Waals surface area (Å²) in [5.41, 5.74) is 0.577. The van der Waals surface area contributed by atoms with Crippen LogP contribution >= 0.6 is 31.9 Å². The molecule has 0 fully saturated rings. The van der Waals surface area contributed by atoms with Gasteiger partial charge in [0.25, 0.3) is 11.2 Å². The topological polar surface area (TPSA) is 122 Å². The van der Waals surface area contributed by atoms with Crippen LogP contribution < -0.4 is 15.0 Å². The molecule has 12 heteroatoms. The Hall–Kier alpha value is -3.64. The van der Waals surface area contributed by atoms with E-state index in [1.807, 2.05) is 13.0 Å². The fraction of sp³-hybridized carbons (Fsp3) is 0.130. The zero-order valence-electron chi connectivity index (χ0n) is 18.4. The highest BCUT2D eigenvalue weighted by Crippen LogP contribution is 2.37. The van der Waals surface area contributed by atoms with Crippen LogP contribution in [0.5, 0.6) is 17.4 Å². The molecule has 0 unspecified atom stereocenters. The molecule has 10 nitrogen and oxygen atoms in total. The van der Waals surface area contributed by atoms with Gasteiger partial charge in [0, 0.05) is 33.1 Å². The second-order valence-electron chi connectivity index (χ2n) is 7.14. The number of aromatic nitrogens is 3. The van der Waals surface area contributed by atoms with Crippen molar-refractivity contribution in [2.24, 2.45) is 5.10 Å². The summed E-state index contributed by atoms with van der Waals surface area (Å²) in [5, 5.41) is 15.8. The van der Waals surface area contributed by atoms with Crippen LogP contribution in [0.25, 0.3) is 10.9 Å². The molecule has 2 aromatic carbocycles. The molecule has 2 heterocycles. The van der Waals surface area contributed by atoms with Gasteiger partial charge in [-0.25, -0.2) is 9.97 Å². The Morgan fingerprint density at radius 1 is 1.17 bits per heavy atom. The number of nitro groups is 1. The number of methoxy groups -OCH3 is 1. The first-order valence-corrected chi connectivity index (χ1v) is 11.8. The molecule has 2 aromatic heterocycles. The zero-order valence-corrected chi connectivity index (χ0v) is 21.6. The predicted molar refractivity (Wildman–Crippen MR) is 138 cm³/mol. The number of aryl methyl sites for hydroxylation is 1.